The van der Waals surface area contributed by atoms with Gasteiger partial charge in [-0.05, 0) is 25.1 Å². The lowest BCUT2D eigenvalue weighted by Crippen LogP contribution is -2.15. The largest absolute Gasteiger partial charge is 0.416 e. The number of aryl methyl sites for hydroxylation is 1. The second-order valence-electron chi connectivity index (χ2n) is 5.36. The maximum Gasteiger partial charge on any atom is 0.416 e. The molecule has 27 heavy (non-hydrogen) atoms. The van der Waals surface area contributed by atoms with Crippen LogP contribution < -0.4 is 5.32 Å². The van der Waals surface area contributed by atoms with Gasteiger partial charge in [-0.15, -0.1) is 0 Å². The van der Waals surface area contributed by atoms with Gasteiger partial charge in [0.25, 0.3) is 0 Å². The van der Waals surface area contributed by atoms with E-state index >= 15 is 0 Å². The van der Waals surface area contributed by atoms with Crippen LogP contribution >= 0.6 is 23.4 Å². The molecule has 0 aliphatic rings. The number of carbonyl (C=O) groups is 1. The van der Waals surface area contributed by atoms with E-state index in [1.807, 2.05) is 0 Å². The SMILES string of the molecule is Cc1ncc2c(SCC(=O)Nc3cc(C(F)(F)F)ccc3Cl)ncnc2n1. The number of nitrogens with zero attached hydrogens (tertiary/aromatic N) is 4. The maximum atomic E-state index is 12.8. The van der Waals surface area contributed by atoms with E-state index in [1.54, 1.807) is 13.1 Å². The molecule has 0 fully saturated rings. The van der Waals surface area contributed by atoms with E-state index in [4.69, 9.17) is 11.6 Å². The average molecular weight is 414 g/mol. The Bertz CT molecular complexity index is 1020. The molecule has 0 bridgehead atoms. The lowest BCUT2D eigenvalue weighted by atomic mass is 10.2. The number of thioether (sulfide) groups is 1. The molecule has 0 saturated carbocycles. The van der Waals surface area contributed by atoms with E-state index in [9.17, 15) is 18.0 Å². The number of hydrogen-bond acceptors (Lipinski definition) is 6. The minimum absolute atomic E-state index is 0.0118. The van der Waals surface area contributed by atoms with Crippen molar-refractivity contribution in [2.45, 2.75) is 18.1 Å². The summed E-state index contributed by atoms with van der Waals surface area (Å²) in [5.74, 6) is -0.0675. The first kappa shape index (κ1) is 19.3. The third-order valence-corrected chi connectivity index (χ3v) is 4.72. The molecule has 140 valence electrons. The molecule has 3 rings (SSSR count). The van der Waals surface area contributed by atoms with Crippen molar-refractivity contribution in [2.24, 2.45) is 0 Å². The summed E-state index contributed by atoms with van der Waals surface area (Å²) in [5.41, 5.74) is -0.561. The van der Waals surface area contributed by atoms with Crippen LogP contribution in [0.2, 0.25) is 5.02 Å². The first-order chi connectivity index (χ1) is 12.7. The third kappa shape index (κ3) is 4.64. The fourth-order valence-electron chi connectivity index (χ4n) is 2.15. The van der Waals surface area contributed by atoms with Crippen LogP contribution in [0.25, 0.3) is 11.0 Å². The molecule has 6 nitrogen and oxygen atoms in total. The van der Waals surface area contributed by atoms with Gasteiger partial charge < -0.3 is 5.32 Å². The van der Waals surface area contributed by atoms with Crippen LogP contribution in [0.5, 0.6) is 0 Å². The Balaban J connectivity index is 1.72. The second-order valence-corrected chi connectivity index (χ2v) is 6.73. The Labute approximate surface area is 160 Å². The highest BCUT2D eigenvalue weighted by molar-refractivity contribution is 8.00. The lowest BCUT2D eigenvalue weighted by molar-refractivity contribution is -0.137. The van der Waals surface area contributed by atoms with E-state index in [0.717, 1.165) is 30.0 Å². The first-order valence-corrected chi connectivity index (χ1v) is 8.84. The lowest BCUT2D eigenvalue weighted by Gasteiger charge is -2.11. The van der Waals surface area contributed by atoms with Crippen molar-refractivity contribution < 1.29 is 18.0 Å². The highest BCUT2D eigenvalue weighted by Crippen LogP contribution is 2.34. The normalized spacial score (nSPS) is 11.6. The fraction of sp³-hybridized carbons (Fsp3) is 0.188. The number of rotatable bonds is 4. The Morgan fingerprint density at radius 1 is 1.26 bits per heavy atom. The zero-order valence-corrected chi connectivity index (χ0v) is 15.3. The molecule has 11 heteroatoms. The minimum Gasteiger partial charge on any atom is -0.324 e. The van der Waals surface area contributed by atoms with Gasteiger partial charge in [0.15, 0.2) is 5.65 Å². The Kier molecular flexibility index (Phi) is 5.47. The number of hydrogen-bond donors (Lipinski definition) is 1. The molecule has 3 aromatic rings. The highest BCUT2D eigenvalue weighted by atomic mass is 35.5. The molecular weight excluding hydrogens is 403 g/mol. The van der Waals surface area contributed by atoms with Crippen molar-refractivity contribution in [3.05, 3.63) is 47.1 Å². The van der Waals surface area contributed by atoms with E-state index in [2.05, 4.69) is 25.3 Å². The summed E-state index contributed by atoms with van der Waals surface area (Å²) < 4.78 is 38.4. The summed E-state index contributed by atoms with van der Waals surface area (Å²) in [7, 11) is 0. The van der Waals surface area contributed by atoms with Gasteiger partial charge in [-0.2, -0.15) is 13.2 Å². The summed E-state index contributed by atoms with van der Waals surface area (Å²) in [6, 6.07) is 2.73. The zero-order chi connectivity index (χ0) is 19.6. The van der Waals surface area contributed by atoms with Gasteiger partial charge in [-0.1, -0.05) is 23.4 Å². The fourth-order valence-corrected chi connectivity index (χ4v) is 3.07. The Morgan fingerprint density at radius 2 is 2.04 bits per heavy atom. The van der Waals surface area contributed by atoms with Gasteiger partial charge in [0.2, 0.25) is 5.91 Å². The molecule has 0 radical (unpaired) electrons. The summed E-state index contributed by atoms with van der Waals surface area (Å²) in [4.78, 5) is 28.5. The Hall–Kier alpha value is -2.46. The highest BCUT2D eigenvalue weighted by Gasteiger charge is 2.31. The first-order valence-electron chi connectivity index (χ1n) is 7.48. The van der Waals surface area contributed by atoms with E-state index < -0.39 is 17.6 Å². The molecule has 2 aromatic heterocycles. The monoisotopic (exact) mass is 413 g/mol. The van der Waals surface area contributed by atoms with Crippen molar-refractivity contribution in [3.63, 3.8) is 0 Å². The van der Waals surface area contributed by atoms with Crippen LogP contribution in [0.15, 0.2) is 35.7 Å². The van der Waals surface area contributed by atoms with E-state index in [0.29, 0.717) is 21.9 Å². The van der Waals surface area contributed by atoms with Crippen molar-refractivity contribution in [3.8, 4) is 0 Å². The van der Waals surface area contributed by atoms with Gasteiger partial charge in [-0.3, -0.25) is 4.79 Å². The number of nitrogens with one attached hydrogen (secondary N) is 1. The van der Waals surface area contributed by atoms with Crippen LogP contribution in [0.3, 0.4) is 0 Å². The molecular formula is C16H11ClF3N5OS. The van der Waals surface area contributed by atoms with Crippen LogP contribution in [0.4, 0.5) is 18.9 Å². The van der Waals surface area contributed by atoms with Crippen LogP contribution in [0.1, 0.15) is 11.4 Å². The van der Waals surface area contributed by atoms with Gasteiger partial charge in [-0.25, -0.2) is 19.9 Å². The number of anilines is 1. The van der Waals surface area contributed by atoms with Crippen molar-refractivity contribution in [1.82, 2.24) is 19.9 Å². The van der Waals surface area contributed by atoms with Crippen LogP contribution in [-0.4, -0.2) is 31.6 Å². The molecule has 1 aromatic carbocycles. The number of amides is 1. The van der Waals surface area contributed by atoms with Crippen molar-refractivity contribution in [1.29, 1.82) is 0 Å². The van der Waals surface area contributed by atoms with Crippen molar-refractivity contribution in [2.75, 3.05) is 11.1 Å². The summed E-state index contributed by atoms with van der Waals surface area (Å²) in [6.07, 6.45) is -1.66. The molecule has 2 heterocycles. The number of alkyl halides is 3. The average Bonchev–Trinajstić information content (AvgIpc) is 2.60. The number of aromatic nitrogens is 4. The molecule has 0 saturated heterocycles. The van der Waals surface area contributed by atoms with E-state index in [-0.39, 0.29) is 16.5 Å². The quantitative estimate of drug-likeness (QED) is 0.511. The Morgan fingerprint density at radius 3 is 2.78 bits per heavy atom. The number of carbonyl (C=O) groups excluding carboxylic acids is 1. The molecule has 0 aliphatic carbocycles. The topological polar surface area (TPSA) is 80.7 Å². The molecule has 0 unspecified atom stereocenters. The molecule has 1 amide bonds. The van der Waals surface area contributed by atoms with Gasteiger partial charge in [0.05, 0.1) is 27.4 Å². The zero-order valence-electron chi connectivity index (χ0n) is 13.7. The number of halogens is 4. The van der Waals surface area contributed by atoms with Crippen LogP contribution in [0, 0.1) is 6.92 Å². The smallest absolute Gasteiger partial charge is 0.324 e. The van der Waals surface area contributed by atoms with Gasteiger partial charge in [0.1, 0.15) is 17.2 Å². The maximum absolute atomic E-state index is 12.8. The standard InChI is InChI=1S/C16H11ClF3N5OS/c1-8-21-5-10-14(24-8)22-7-23-15(10)27-6-13(26)25-12-4-9(16(18,19)20)2-3-11(12)17/h2-5,7H,6H2,1H3,(H,25,26). The molecule has 1 N–H and O–H groups in total. The number of fused-ring (bicyclic) bond motifs is 1. The van der Waals surface area contributed by atoms with Crippen LogP contribution in [-0.2, 0) is 11.0 Å². The predicted octanol–water partition coefficient (Wildman–Crippen LogP) is 4.13. The van der Waals surface area contributed by atoms with Gasteiger partial charge >= 0.3 is 6.18 Å². The third-order valence-electron chi connectivity index (χ3n) is 3.38. The number of benzene rings is 1. The summed E-state index contributed by atoms with van der Waals surface area (Å²) >= 11 is 6.96. The molecule has 0 aliphatic heterocycles. The van der Waals surface area contributed by atoms with Crippen molar-refractivity contribution >= 4 is 46.0 Å². The summed E-state index contributed by atoms with van der Waals surface area (Å²) in [6.45, 7) is 1.72. The minimum atomic E-state index is -4.53. The van der Waals surface area contributed by atoms with E-state index in [1.165, 1.54) is 6.33 Å². The van der Waals surface area contributed by atoms with Gasteiger partial charge in [0, 0.05) is 6.20 Å². The summed E-state index contributed by atoms with van der Waals surface area (Å²) in [5, 5.41) is 3.47. The molecule has 0 atom stereocenters. The second kappa shape index (κ2) is 7.65. The predicted molar refractivity (Wildman–Crippen MR) is 95.7 cm³/mol. The molecule has 0 spiro atoms.